The first-order valence-corrected chi connectivity index (χ1v) is 7.47. The fourth-order valence-electron chi connectivity index (χ4n) is 2.41. The van der Waals surface area contributed by atoms with Crippen LogP contribution in [0.1, 0.15) is 33.3 Å². The maximum atomic E-state index is 5.99. The molecule has 0 unspecified atom stereocenters. The van der Waals surface area contributed by atoms with E-state index in [9.17, 15) is 0 Å². The number of aromatic nitrogens is 1. The first-order valence-electron chi connectivity index (χ1n) is 7.09. The van der Waals surface area contributed by atoms with Crippen molar-refractivity contribution in [3.8, 4) is 0 Å². The Morgan fingerprint density at radius 1 is 1.14 bits per heavy atom. The Kier molecular flexibility index (Phi) is 3.43. The topological polar surface area (TPSA) is 34.2 Å². The second-order valence-electron chi connectivity index (χ2n) is 6.42. The Morgan fingerprint density at radius 3 is 2.48 bits per heavy atom. The first-order chi connectivity index (χ1) is 9.78. The van der Waals surface area contributed by atoms with Gasteiger partial charge in [-0.25, -0.2) is 0 Å². The number of fused-ring (bicyclic) bond motifs is 1. The lowest BCUT2D eigenvalue weighted by molar-refractivity contribution is 0.00578. The standard InChI is InChI=1S/C16H19BClNO2/c1-15(2)16(3,4)21-17(20-15)8-7-11-10-19-14-9-12(18)5-6-13(11)14/h5-10,19H,1-4H3/b8-7+. The number of benzene rings is 1. The third kappa shape index (κ3) is 2.64. The maximum absolute atomic E-state index is 5.99. The molecule has 21 heavy (non-hydrogen) atoms. The third-order valence-corrected chi connectivity index (χ3v) is 4.62. The molecule has 5 heteroatoms. The van der Waals surface area contributed by atoms with Gasteiger partial charge in [0.05, 0.1) is 11.2 Å². The number of halogens is 1. The molecule has 0 atom stereocenters. The zero-order valence-corrected chi connectivity index (χ0v) is 13.5. The molecular formula is C16H19BClNO2. The summed E-state index contributed by atoms with van der Waals surface area (Å²) in [7, 11) is -0.327. The minimum Gasteiger partial charge on any atom is -0.400 e. The number of hydrogen-bond donors (Lipinski definition) is 1. The smallest absolute Gasteiger partial charge is 0.400 e. The van der Waals surface area contributed by atoms with Crippen molar-refractivity contribution in [2.45, 2.75) is 38.9 Å². The molecule has 1 aliphatic rings. The van der Waals surface area contributed by atoms with Crippen molar-refractivity contribution in [3.05, 3.63) is 41.0 Å². The summed E-state index contributed by atoms with van der Waals surface area (Å²) >= 11 is 5.99. The zero-order valence-electron chi connectivity index (χ0n) is 12.7. The van der Waals surface area contributed by atoms with Crippen LogP contribution in [0.15, 0.2) is 30.4 Å². The van der Waals surface area contributed by atoms with Crippen molar-refractivity contribution < 1.29 is 9.31 Å². The van der Waals surface area contributed by atoms with Crippen LogP contribution in [-0.4, -0.2) is 23.3 Å². The molecule has 3 rings (SSSR count). The van der Waals surface area contributed by atoms with Crippen LogP contribution in [-0.2, 0) is 9.31 Å². The minimum atomic E-state index is -0.327. The average Bonchev–Trinajstić information content (AvgIpc) is 2.85. The highest BCUT2D eigenvalue weighted by Crippen LogP contribution is 2.37. The SMILES string of the molecule is CC1(C)OB(/C=C/c2c[nH]c3cc(Cl)ccc23)OC1(C)C. The van der Waals surface area contributed by atoms with Gasteiger partial charge in [0, 0.05) is 22.1 Å². The van der Waals surface area contributed by atoms with Crippen LogP contribution in [0.2, 0.25) is 5.02 Å². The highest BCUT2D eigenvalue weighted by atomic mass is 35.5. The van der Waals surface area contributed by atoms with Gasteiger partial charge in [0.2, 0.25) is 0 Å². The summed E-state index contributed by atoms with van der Waals surface area (Å²) in [5.41, 5.74) is 1.50. The Labute approximate surface area is 130 Å². The maximum Gasteiger partial charge on any atom is 0.487 e. The summed E-state index contributed by atoms with van der Waals surface area (Å²) in [6.45, 7) is 8.20. The van der Waals surface area contributed by atoms with Gasteiger partial charge in [-0.2, -0.15) is 0 Å². The number of aromatic amines is 1. The Balaban J connectivity index is 1.83. The Bertz CT molecular complexity index is 689. The zero-order chi connectivity index (χ0) is 15.3. The Morgan fingerprint density at radius 2 is 1.81 bits per heavy atom. The van der Waals surface area contributed by atoms with Crippen molar-refractivity contribution in [2.75, 3.05) is 0 Å². The van der Waals surface area contributed by atoms with Crippen LogP contribution in [0.25, 0.3) is 17.0 Å². The van der Waals surface area contributed by atoms with E-state index < -0.39 is 0 Å². The molecule has 1 fully saturated rings. The van der Waals surface area contributed by atoms with E-state index in [4.69, 9.17) is 20.9 Å². The highest BCUT2D eigenvalue weighted by molar-refractivity contribution is 6.52. The molecule has 3 nitrogen and oxygen atoms in total. The normalized spacial score (nSPS) is 20.7. The molecule has 0 amide bonds. The molecule has 0 aliphatic carbocycles. The van der Waals surface area contributed by atoms with Crippen molar-refractivity contribution >= 4 is 35.7 Å². The summed E-state index contributed by atoms with van der Waals surface area (Å²) in [6, 6.07) is 5.82. The molecule has 110 valence electrons. The fraction of sp³-hybridized carbons (Fsp3) is 0.375. The highest BCUT2D eigenvalue weighted by Gasteiger charge is 2.49. The summed E-state index contributed by atoms with van der Waals surface area (Å²) in [5, 5.41) is 1.86. The number of rotatable bonds is 2. The molecule has 0 saturated carbocycles. The van der Waals surface area contributed by atoms with Gasteiger partial charge in [-0.15, -0.1) is 0 Å². The molecule has 1 aromatic carbocycles. The van der Waals surface area contributed by atoms with E-state index in [-0.39, 0.29) is 18.3 Å². The monoisotopic (exact) mass is 303 g/mol. The number of nitrogens with one attached hydrogen (secondary N) is 1. The number of hydrogen-bond acceptors (Lipinski definition) is 2. The first kappa shape index (κ1) is 14.7. The van der Waals surface area contributed by atoms with E-state index in [1.807, 2.05) is 36.4 Å². The van der Waals surface area contributed by atoms with Crippen molar-refractivity contribution in [1.82, 2.24) is 4.98 Å². The van der Waals surface area contributed by atoms with E-state index in [0.717, 1.165) is 21.5 Å². The summed E-state index contributed by atoms with van der Waals surface area (Å²) < 4.78 is 11.9. The molecule has 1 aromatic heterocycles. The lowest BCUT2D eigenvalue weighted by Crippen LogP contribution is -2.41. The van der Waals surface area contributed by atoms with Gasteiger partial charge < -0.3 is 14.3 Å². The van der Waals surface area contributed by atoms with E-state index >= 15 is 0 Å². The lowest BCUT2D eigenvalue weighted by Gasteiger charge is -2.32. The quantitative estimate of drug-likeness (QED) is 0.831. The molecule has 0 radical (unpaired) electrons. The van der Waals surface area contributed by atoms with Gasteiger partial charge >= 0.3 is 7.12 Å². The van der Waals surface area contributed by atoms with Gasteiger partial charge in [-0.05, 0) is 45.4 Å². The summed E-state index contributed by atoms with van der Waals surface area (Å²) in [4.78, 5) is 3.22. The Hall–Kier alpha value is -1.23. The van der Waals surface area contributed by atoms with E-state index in [2.05, 4.69) is 32.7 Å². The number of H-pyrrole nitrogens is 1. The third-order valence-electron chi connectivity index (χ3n) is 4.38. The molecular weight excluding hydrogens is 284 g/mol. The molecule has 1 aliphatic heterocycles. The van der Waals surface area contributed by atoms with Crippen LogP contribution >= 0.6 is 11.6 Å². The molecule has 2 aromatic rings. The van der Waals surface area contributed by atoms with E-state index in [1.165, 1.54) is 0 Å². The average molecular weight is 304 g/mol. The van der Waals surface area contributed by atoms with Gasteiger partial charge in [-0.3, -0.25) is 0 Å². The van der Waals surface area contributed by atoms with Gasteiger partial charge in [0.15, 0.2) is 0 Å². The summed E-state index contributed by atoms with van der Waals surface area (Å²) in [5.74, 6) is 1.95. The second-order valence-corrected chi connectivity index (χ2v) is 6.85. The molecule has 1 saturated heterocycles. The lowest BCUT2D eigenvalue weighted by atomic mass is 9.89. The predicted octanol–water partition coefficient (Wildman–Crippen LogP) is 4.47. The molecule has 2 heterocycles. The van der Waals surface area contributed by atoms with Crippen LogP contribution in [0.5, 0.6) is 0 Å². The van der Waals surface area contributed by atoms with Gasteiger partial charge in [0.25, 0.3) is 0 Å². The molecule has 0 bridgehead atoms. The van der Waals surface area contributed by atoms with Crippen LogP contribution < -0.4 is 0 Å². The molecule has 1 N–H and O–H groups in total. The fourth-order valence-corrected chi connectivity index (χ4v) is 2.58. The second kappa shape index (κ2) is 4.91. The van der Waals surface area contributed by atoms with Crippen LogP contribution in [0, 0.1) is 0 Å². The van der Waals surface area contributed by atoms with Gasteiger partial charge in [0.1, 0.15) is 0 Å². The van der Waals surface area contributed by atoms with Crippen LogP contribution in [0.3, 0.4) is 0 Å². The van der Waals surface area contributed by atoms with Crippen molar-refractivity contribution in [3.63, 3.8) is 0 Å². The van der Waals surface area contributed by atoms with Crippen molar-refractivity contribution in [2.24, 2.45) is 0 Å². The van der Waals surface area contributed by atoms with E-state index in [0.29, 0.717) is 0 Å². The van der Waals surface area contributed by atoms with Crippen LogP contribution in [0.4, 0.5) is 0 Å². The molecule has 0 spiro atoms. The minimum absolute atomic E-state index is 0.310. The van der Waals surface area contributed by atoms with E-state index in [1.54, 1.807) is 0 Å². The largest absolute Gasteiger partial charge is 0.487 e. The van der Waals surface area contributed by atoms with Gasteiger partial charge in [-0.1, -0.05) is 29.7 Å². The summed E-state index contributed by atoms with van der Waals surface area (Å²) in [6.07, 6.45) is 3.98. The predicted molar refractivity (Wildman–Crippen MR) is 88.4 cm³/mol. The van der Waals surface area contributed by atoms with Crippen molar-refractivity contribution in [1.29, 1.82) is 0 Å².